The van der Waals surface area contributed by atoms with Gasteiger partial charge in [-0.3, -0.25) is 9.20 Å². The first kappa shape index (κ1) is 11.3. The van der Waals surface area contributed by atoms with E-state index < -0.39 is 0 Å². The Hall–Kier alpha value is -1.75. The maximum Gasteiger partial charge on any atom is 0.161 e. The van der Waals surface area contributed by atoms with Crippen LogP contribution >= 0.6 is 0 Å². The van der Waals surface area contributed by atoms with Crippen molar-refractivity contribution in [1.29, 1.82) is 0 Å². The second kappa shape index (κ2) is 4.49. The normalized spacial score (nSPS) is 20.6. The topological polar surface area (TPSA) is 50.5 Å². The number of likely N-dealkylation sites (tertiary alicyclic amines) is 1. The van der Waals surface area contributed by atoms with Crippen molar-refractivity contribution in [3.63, 3.8) is 0 Å². The number of rotatable bonds is 3. The Balaban J connectivity index is 1.90. The molecule has 5 heteroatoms. The average molecular weight is 244 g/mol. The largest absolute Gasteiger partial charge is 0.303 e. The van der Waals surface area contributed by atoms with Crippen LogP contribution in [0.2, 0.25) is 0 Å². The van der Waals surface area contributed by atoms with Gasteiger partial charge in [0, 0.05) is 24.2 Å². The van der Waals surface area contributed by atoms with Crippen LogP contribution in [0.1, 0.15) is 29.0 Å². The highest BCUT2D eigenvalue weighted by Crippen LogP contribution is 2.19. The molecule has 1 aliphatic rings. The molecule has 0 radical (unpaired) electrons. The Kier molecular flexibility index (Phi) is 2.83. The molecule has 0 spiro atoms. The molecule has 0 amide bonds. The van der Waals surface area contributed by atoms with E-state index in [-0.39, 0.29) is 0 Å². The van der Waals surface area contributed by atoms with Gasteiger partial charge in [0.1, 0.15) is 12.1 Å². The number of hydrogen-bond donors (Lipinski definition) is 0. The lowest BCUT2D eigenvalue weighted by molar-refractivity contribution is 0.112. The zero-order valence-electron chi connectivity index (χ0n) is 10.4. The third-order valence-electron chi connectivity index (χ3n) is 3.73. The van der Waals surface area contributed by atoms with Crippen LogP contribution in [-0.4, -0.2) is 45.4 Å². The third-order valence-corrected chi connectivity index (χ3v) is 3.73. The van der Waals surface area contributed by atoms with Crippen LogP contribution in [0, 0.1) is 0 Å². The van der Waals surface area contributed by atoms with E-state index in [9.17, 15) is 4.79 Å². The summed E-state index contributed by atoms with van der Waals surface area (Å²) in [6.07, 6.45) is 6.10. The quantitative estimate of drug-likeness (QED) is 0.761. The highest BCUT2D eigenvalue weighted by Gasteiger charge is 2.23. The second-order valence-electron chi connectivity index (χ2n) is 4.90. The molecule has 1 saturated heterocycles. The van der Waals surface area contributed by atoms with Crippen molar-refractivity contribution in [2.45, 2.75) is 25.3 Å². The van der Waals surface area contributed by atoms with Crippen LogP contribution in [0.15, 0.2) is 18.3 Å². The van der Waals surface area contributed by atoms with E-state index >= 15 is 0 Å². The lowest BCUT2D eigenvalue weighted by Crippen LogP contribution is -2.27. The minimum absolute atomic E-state index is 0.558. The summed E-state index contributed by atoms with van der Waals surface area (Å²) in [5.74, 6) is 0.973. The fourth-order valence-electron chi connectivity index (χ4n) is 2.62. The molecule has 1 fully saturated rings. The molecule has 18 heavy (non-hydrogen) atoms. The Morgan fingerprint density at radius 1 is 1.50 bits per heavy atom. The lowest BCUT2D eigenvalue weighted by Gasteiger charge is -2.18. The minimum atomic E-state index is 0.558. The number of aldehydes is 1. The molecular formula is C13H16N4O. The fraction of sp³-hybridized carbons (Fsp3) is 0.462. The molecule has 3 heterocycles. The number of nitrogens with zero attached hydrogens (tertiary/aromatic N) is 4. The smallest absolute Gasteiger partial charge is 0.161 e. The first-order valence-corrected chi connectivity index (χ1v) is 6.27. The molecule has 5 nitrogen and oxygen atoms in total. The fourth-order valence-corrected chi connectivity index (χ4v) is 2.62. The molecule has 1 atom stereocenters. The van der Waals surface area contributed by atoms with Crippen LogP contribution < -0.4 is 0 Å². The molecule has 94 valence electrons. The van der Waals surface area contributed by atoms with Gasteiger partial charge in [-0.2, -0.15) is 0 Å². The molecule has 0 saturated carbocycles. The van der Waals surface area contributed by atoms with Gasteiger partial charge in [-0.1, -0.05) is 0 Å². The van der Waals surface area contributed by atoms with Crippen LogP contribution in [0.5, 0.6) is 0 Å². The standard InChI is InChI=1S/C13H16N4O/c1-16-5-2-3-11(16)8-13-15-14-12-7-10(9-18)4-6-17(12)13/h4,6-7,9,11H,2-3,5,8H2,1H3. The first-order valence-electron chi connectivity index (χ1n) is 6.27. The Morgan fingerprint density at radius 2 is 2.39 bits per heavy atom. The van der Waals surface area contributed by atoms with E-state index in [1.54, 1.807) is 12.1 Å². The summed E-state index contributed by atoms with van der Waals surface area (Å²) in [6, 6.07) is 4.12. The lowest BCUT2D eigenvalue weighted by atomic mass is 10.1. The SMILES string of the molecule is CN1CCCC1Cc1nnc2cc(C=O)ccn12. The van der Waals surface area contributed by atoms with Gasteiger partial charge >= 0.3 is 0 Å². The monoisotopic (exact) mass is 244 g/mol. The van der Waals surface area contributed by atoms with Gasteiger partial charge in [0.15, 0.2) is 5.65 Å². The molecule has 3 rings (SSSR count). The van der Waals surface area contributed by atoms with E-state index in [0.29, 0.717) is 11.6 Å². The van der Waals surface area contributed by atoms with Crippen LogP contribution in [0.25, 0.3) is 5.65 Å². The summed E-state index contributed by atoms with van der Waals surface area (Å²) >= 11 is 0. The van der Waals surface area contributed by atoms with Crippen molar-refractivity contribution in [2.75, 3.05) is 13.6 Å². The number of pyridine rings is 1. The molecule has 0 N–H and O–H groups in total. The van der Waals surface area contributed by atoms with Gasteiger partial charge in [-0.15, -0.1) is 10.2 Å². The average Bonchev–Trinajstić information content (AvgIpc) is 2.97. The number of likely N-dealkylation sites (N-methyl/N-ethyl adjacent to an activating group) is 1. The Bertz CT molecular complexity index is 577. The number of aromatic nitrogens is 3. The molecule has 0 aromatic carbocycles. The number of hydrogen-bond acceptors (Lipinski definition) is 4. The van der Waals surface area contributed by atoms with Gasteiger partial charge in [-0.25, -0.2) is 0 Å². The van der Waals surface area contributed by atoms with Crippen molar-refractivity contribution < 1.29 is 4.79 Å². The molecule has 0 aliphatic carbocycles. The molecule has 2 aromatic rings. The van der Waals surface area contributed by atoms with Crippen molar-refractivity contribution >= 4 is 11.9 Å². The summed E-state index contributed by atoms with van der Waals surface area (Å²) < 4.78 is 1.97. The molecule has 0 bridgehead atoms. The summed E-state index contributed by atoms with van der Waals surface area (Å²) in [6.45, 7) is 1.16. The van der Waals surface area contributed by atoms with Gasteiger partial charge in [0.25, 0.3) is 0 Å². The maximum absolute atomic E-state index is 10.7. The van der Waals surface area contributed by atoms with Gasteiger partial charge < -0.3 is 4.90 Å². The zero-order valence-corrected chi connectivity index (χ0v) is 10.4. The summed E-state index contributed by atoms with van der Waals surface area (Å²) in [5.41, 5.74) is 1.38. The molecular weight excluding hydrogens is 228 g/mol. The van der Waals surface area contributed by atoms with Gasteiger partial charge in [-0.05, 0) is 38.6 Å². The van der Waals surface area contributed by atoms with Crippen LogP contribution in [0.4, 0.5) is 0 Å². The van der Waals surface area contributed by atoms with Crippen molar-refractivity contribution in [1.82, 2.24) is 19.5 Å². The zero-order chi connectivity index (χ0) is 12.5. The highest BCUT2D eigenvalue weighted by atomic mass is 16.1. The van der Waals surface area contributed by atoms with Gasteiger partial charge in [0.05, 0.1) is 0 Å². The van der Waals surface area contributed by atoms with Crippen LogP contribution in [0.3, 0.4) is 0 Å². The summed E-state index contributed by atoms with van der Waals surface area (Å²) in [7, 11) is 2.16. The summed E-state index contributed by atoms with van der Waals surface area (Å²) in [5, 5.41) is 8.37. The van der Waals surface area contributed by atoms with E-state index in [1.165, 1.54) is 12.8 Å². The Morgan fingerprint density at radius 3 is 3.11 bits per heavy atom. The number of carbonyl (C=O) groups excluding carboxylic acids is 1. The Labute approximate surface area is 105 Å². The summed E-state index contributed by atoms with van der Waals surface area (Å²) in [4.78, 5) is 13.1. The predicted octanol–water partition coefficient (Wildman–Crippen LogP) is 1.18. The van der Waals surface area contributed by atoms with Gasteiger partial charge in [0.2, 0.25) is 0 Å². The van der Waals surface area contributed by atoms with E-state index in [2.05, 4.69) is 22.1 Å². The highest BCUT2D eigenvalue weighted by molar-refractivity contribution is 5.76. The van der Waals surface area contributed by atoms with Crippen molar-refractivity contribution in [3.05, 3.63) is 29.7 Å². The molecule has 1 unspecified atom stereocenters. The third kappa shape index (κ3) is 1.90. The molecule has 2 aromatic heterocycles. The van der Waals surface area contributed by atoms with Crippen molar-refractivity contribution in [2.24, 2.45) is 0 Å². The second-order valence-corrected chi connectivity index (χ2v) is 4.90. The minimum Gasteiger partial charge on any atom is -0.303 e. The van der Waals surface area contributed by atoms with Crippen LogP contribution in [-0.2, 0) is 6.42 Å². The number of fused-ring (bicyclic) bond motifs is 1. The molecule has 1 aliphatic heterocycles. The van der Waals surface area contributed by atoms with E-state index in [0.717, 1.165) is 30.7 Å². The van der Waals surface area contributed by atoms with E-state index in [1.807, 2.05) is 10.6 Å². The predicted molar refractivity (Wildman–Crippen MR) is 67.7 cm³/mol. The number of carbonyl (C=O) groups is 1. The van der Waals surface area contributed by atoms with Crippen molar-refractivity contribution in [3.8, 4) is 0 Å². The first-order chi connectivity index (χ1) is 8.78. The van der Waals surface area contributed by atoms with E-state index in [4.69, 9.17) is 0 Å². The maximum atomic E-state index is 10.7.